The van der Waals surface area contributed by atoms with Gasteiger partial charge in [0.2, 0.25) is 0 Å². The summed E-state index contributed by atoms with van der Waals surface area (Å²) >= 11 is 1.67. The molecule has 0 amide bonds. The van der Waals surface area contributed by atoms with Gasteiger partial charge in [0.15, 0.2) is 5.96 Å². The minimum atomic E-state index is 0. The Morgan fingerprint density at radius 3 is 2.70 bits per heavy atom. The number of nitrogens with one attached hydrogen (secondary N) is 2. The first-order chi connectivity index (χ1) is 12.7. The van der Waals surface area contributed by atoms with Crippen LogP contribution in [0.2, 0.25) is 0 Å². The number of benzene rings is 1. The number of halogens is 1. The highest BCUT2D eigenvalue weighted by Crippen LogP contribution is 2.14. The number of pyridine rings is 1. The lowest BCUT2D eigenvalue weighted by Gasteiger charge is -2.21. The number of nitrogens with zero attached hydrogens (tertiary/aromatic N) is 4. The molecule has 0 spiro atoms. The monoisotopic (exact) mass is 496 g/mol. The highest BCUT2D eigenvalue weighted by molar-refractivity contribution is 14.0. The van der Waals surface area contributed by atoms with Gasteiger partial charge in [0.25, 0.3) is 0 Å². The molecule has 0 bridgehead atoms. The maximum atomic E-state index is 4.62. The van der Waals surface area contributed by atoms with E-state index in [2.05, 4.69) is 48.0 Å². The number of para-hydroxylation sites is 1. The van der Waals surface area contributed by atoms with E-state index in [9.17, 15) is 0 Å². The average molecular weight is 496 g/mol. The molecule has 27 heavy (non-hydrogen) atoms. The number of hydrogen-bond acceptors (Lipinski definition) is 5. The smallest absolute Gasteiger partial charge is 0.193 e. The maximum absolute atomic E-state index is 4.62. The van der Waals surface area contributed by atoms with Crippen molar-refractivity contribution < 1.29 is 0 Å². The highest BCUT2D eigenvalue weighted by Gasteiger charge is 2.08. The van der Waals surface area contributed by atoms with E-state index < -0.39 is 0 Å². The Hall–Kier alpha value is -1.94. The fourth-order valence-corrected chi connectivity index (χ4v) is 3.32. The first-order valence-electron chi connectivity index (χ1n) is 8.58. The number of aryl methyl sites for hydroxylation is 1. The number of thiazole rings is 1. The number of rotatable bonds is 6. The molecule has 144 valence electrons. The molecule has 0 atom stereocenters. The summed E-state index contributed by atoms with van der Waals surface area (Å²) in [7, 11) is 3.81. The van der Waals surface area contributed by atoms with Gasteiger partial charge in [-0.15, -0.1) is 35.3 Å². The van der Waals surface area contributed by atoms with Crippen LogP contribution in [0.1, 0.15) is 10.7 Å². The van der Waals surface area contributed by atoms with E-state index >= 15 is 0 Å². The molecule has 3 aromatic rings. The molecule has 0 aliphatic heterocycles. The van der Waals surface area contributed by atoms with E-state index in [0.29, 0.717) is 0 Å². The van der Waals surface area contributed by atoms with Crippen LogP contribution < -0.4 is 10.6 Å². The molecule has 0 unspecified atom stereocenters. The van der Waals surface area contributed by atoms with Crippen LogP contribution in [0.25, 0.3) is 10.9 Å². The van der Waals surface area contributed by atoms with Crippen molar-refractivity contribution in [2.24, 2.45) is 4.99 Å². The largest absolute Gasteiger partial charge is 0.368 e. The predicted octanol–water partition coefficient (Wildman–Crippen LogP) is 3.74. The summed E-state index contributed by atoms with van der Waals surface area (Å²) in [5.41, 5.74) is 2.07. The van der Waals surface area contributed by atoms with Crippen LogP contribution in [-0.2, 0) is 6.54 Å². The fraction of sp³-hybridized carbons (Fsp3) is 0.316. The molecule has 2 aromatic heterocycles. The molecule has 0 aliphatic rings. The second-order valence-electron chi connectivity index (χ2n) is 6.00. The molecule has 0 fully saturated rings. The summed E-state index contributed by atoms with van der Waals surface area (Å²) in [6.45, 7) is 4.27. The van der Waals surface area contributed by atoms with Crippen molar-refractivity contribution in [1.82, 2.24) is 20.2 Å². The Bertz CT molecular complexity index is 895. The molecule has 2 N–H and O–H groups in total. The minimum Gasteiger partial charge on any atom is -0.368 e. The van der Waals surface area contributed by atoms with Crippen molar-refractivity contribution in [3.63, 3.8) is 0 Å². The Balaban J connectivity index is 0.00000261. The zero-order chi connectivity index (χ0) is 18.4. The Kier molecular flexibility index (Phi) is 8.23. The number of anilines is 1. The highest BCUT2D eigenvalue weighted by atomic mass is 127. The summed E-state index contributed by atoms with van der Waals surface area (Å²) < 4.78 is 0. The Morgan fingerprint density at radius 1 is 1.15 bits per heavy atom. The third-order valence-electron chi connectivity index (χ3n) is 3.95. The predicted molar refractivity (Wildman–Crippen MR) is 125 cm³/mol. The Labute approximate surface area is 181 Å². The summed E-state index contributed by atoms with van der Waals surface area (Å²) in [6, 6.07) is 12.2. The van der Waals surface area contributed by atoms with E-state index in [1.54, 1.807) is 18.4 Å². The van der Waals surface area contributed by atoms with Gasteiger partial charge in [-0.05, 0) is 25.1 Å². The number of hydrogen-bond donors (Lipinski definition) is 2. The number of aromatic nitrogens is 2. The first kappa shape index (κ1) is 21.4. The third kappa shape index (κ3) is 6.03. The van der Waals surface area contributed by atoms with Crippen molar-refractivity contribution in [1.29, 1.82) is 0 Å². The van der Waals surface area contributed by atoms with E-state index in [1.807, 2.05) is 38.2 Å². The lowest BCUT2D eigenvalue weighted by molar-refractivity contribution is 0.472. The van der Waals surface area contributed by atoms with E-state index in [4.69, 9.17) is 0 Å². The summed E-state index contributed by atoms with van der Waals surface area (Å²) in [5, 5.41) is 11.0. The lowest BCUT2D eigenvalue weighted by Crippen LogP contribution is -2.40. The second kappa shape index (κ2) is 10.4. The van der Waals surface area contributed by atoms with Crippen LogP contribution >= 0.6 is 35.3 Å². The third-order valence-corrected chi connectivity index (χ3v) is 4.77. The fourth-order valence-electron chi connectivity index (χ4n) is 2.71. The van der Waals surface area contributed by atoms with Crippen LogP contribution in [0.15, 0.2) is 46.8 Å². The number of aliphatic imine (C=N–C) groups is 1. The molecule has 0 radical (unpaired) electrons. The zero-order valence-electron chi connectivity index (χ0n) is 15.8. The van der Waals surface area contributed by atoms with Gasteiger partial charge < -0.3 is 15.5 Å². The van der Waals surface area contributed by atoms with Gasteiger partial charge in [-0.25, -0.2) is 9.97 Å². The molecule has 6 nitrogen and oxygen atoms in total. The molecule has 3 rings (SSSR count). The number of guanidine groups is 1. The Morgan fingerprint density at radius 2 is 1.96 bits per heavy atom. The normalized spacial score (nSPS) is 11.1. The van der Waals surface area contributed by atoms with E-state index in [0.717, 1.165) is 53.0 Å². The molecule has 1 aromatic carbocycles. The van der Waals surface area contributed by atoms with Crippen LogP contribution in [0, 0.1) is 6.92 Å². The van der Waals surface area contributed by atoms with Crippen LogP contribution in [0.3, 0.4) is 0 Å². The zero-order valence-corrected chi connectivity index (χ0v) is 18.9. The molecular weight excluding hydrogens is 471 g/mol. The number of fused-ring (bicyclic) bond motifs is 1. The van der Waals surface area contributed by atoms with Gasteiger partial charge >= 0.3 is 0 Å². The van der Waals surface area contributed by atoms with Crippen LogP contribution in [-0.4, -0.2) is 48.0 Å². The van der Waals surface area contributed by atoms with Gasteiger partial charge in [0, 0.05) is 38.0 Å². The van der Waals surface area contributed by atoms with Gasteiger partial charge in [-0.2, -0.15) is 0 Å². The molecule has 2 heterocycles. The summed E-state index contributed by atoms with van der Waals surface area (Å²) in [5.74, 6) is 1.73. The quantitative estimate of drug-likeness (QED) is 0.236. The van der Waals surface area contributed by atoms with Crippen molar-refractivity contribution >= 4 is 58.0 Å². The molecule has 0 saturated heterocycles. The van der Waals surface area contributed by atoms with E-state index in [1.165, 1.54) is 0 Å². The van der Waals surface area contributed by atoms with E-state index in [-0.39, 0.29) is 24.0 Å². The summed E-state index contributed by atoms with van der Waals surface area (Å²) in [6.07, 6.45) is 0. The van der Waals surface area contributed by atoms with Gasteiger partial charge in [-0.1, -0.05) is 18.2 Å². The van der Waals surface area contributed by atoms with Crippen molar-refractivity contribution in [3.05, 3.63) is 52.5 Å². The minimum absolute atomic E-state index is 0. The van der Waals surface area contributed by atoms with Gasteiger partial charge in [0.05, 0.1) is 22.8 Å². The van der Waals surface area contributed by atoms with Gasteiger partial charge in [0.1, 0.15) is 5.82 Å². The maximum Gasteiger partial charge on any atom is 0.193 e. The van der Waals surface area contributed by atoms with Crippen LogP contribution in [0.4, 0.5) is 5.82 Å². The SMILES string of the molecule is CN=C(NCCNc1ccc2ccccc2n1)N(C)Cc1csc(C)n1.I. The first-order valence-corrected chi connectivity index (χ1v) is 9.46. The lowest BCUT2D eigenvalue weighted by atomic mass is 10.2. The second-order valence-corrected chi connectivity index (χ2v) is 7.07. The standard InChI is InChI=1S/C19H24N6S.HI/c1-14-23-16(13-26-14)12-25(3)19(20-2)22-11-10-21-18-9-8-15-6-4-5-7-17(15)24-18;/h4-9,13H,10-12H2,1-3H3,(H,20,22)(H,21,24);1H. The average Bonchev–Trinajstić information content (AvgIpc) is 3.06. The van der Waals surface area contributed by atoms with Crippen molar-refractivity contribution in [2.75, 3.05) is 32.5 Å². The molecule has 0 aliphatic carbocycles. The van der Waals surface area contributed by atoms with Gasteiger partial charge in [-0.3, -0.25) is 4.99 Å². The van der Waals surface area contributed by atoms with Crippen molar-refractivity contribution in [3.8, 4) is 0 Å². The molecular formula is C19H25IN6S. The molecule has 0 saturated carbocycles. The topological polar surface area (TPSA) is 65.4 Å². The summed E-state index contributed by atoms with van der Waals surface area (Å²) in [4.78, 5) is 15.5. The van der Waals surface area contributed by atoms with Crippen LogP contribution in [0.5, 0.6) is 0 Å². The van der Waals surface area contributed by atoms with Crippen molar-refractivity contribution in [2.45, 2.75) is 13.5 Å². The molecule has 8 heteroatoms.